The molecule has 0 unspecified atom stereocenters. The average molecular weight is 314 g/mol. The van der Waals surface area contributed by atoms with Gasteiger partial charge in [0, 0.05) is 24.4 Å². The minimum Gasteiger partial charge on any atom is -0.373 e. The zero-order valence-corrected chi connectivity index (χ0v) is 12.8. The summed E-state index contributed by atoms with van der Waals surface area (Å²) in [5.74, 6) is -0.656. The van der Waals surface area contributed by atoms with E-state index >= 15 is 0 Å². The van der Waals surface area contributed by atoms with E-state index in [4.69, 9.17) is 4.74 Å². The number of ether oxygens (including phenoxy) is 1. The van der Waals surface area contributed by atoms with Crippen molar-refractivity contribution in [1.82, 2.24) is 10.3 Å². The maximum atomic E-state index is 13.8. The molecule has 1 aliphatic heterocycles. The van der Waals surface area contributed by atoms with Crippen LogP contribution < -0.4 is 5.32 Å². The molecule has 4 nitrogen and oxygen atoms in total. The van der Waals surface area contributed by atoms with Gasteiger partial charge in [-0.05, 0) is 42.8 Å². The van der Waals surface area contributed by atoms with E-state index in [2.05, 4.69) is 10.3 Å². The predicted molar refractivity (Wildman–Crippen MR) is 84.7 cm³/mol. The smallest absolute Gasteiger partial charge is 0.252 e. The molecule has 2 aliphatic rings. The molecule has 1 amide bonds. The van der Waals surface area contributed by atoms with Gasteiger partial charge >= 0.3 is 0 Å². The van der Waals surface area contributed by atoms with Gasteiger partial charge in [0.05, 0.1) is 17.2 Å². The topological polar surface area (TPSA) is 51.2 Å². The first-order valence-corrected chi connectivity index (χ1v) is 8.16. The molecule has 23 heavy (non-hydrogen) atoms. The van der Waals surface area contributed by atoms with E-state index in [-0.39, 0.29) is 17.6 Å². The Bertz CT molecular complexity index is 750. The van der Waals surface area contributed by atoms with Gasteiger partial charge in [-0.3, -0.25) is 9.78 Å². The van der Waals surface area contributed by atoms with Crippen LogP contribution in [-0.4, -0.2) is 29.1 Å². The molecule has 1 atom stereocenters. The summed E-state index contributed by atoms with van der Waals surface area (Å²) < 4.78 is 19.8. The maximum absolute atomic E-state index is 13.8. The Kier molecular flexibility index (Phi) is 3.53. The summed E-state index contributed by atoms with van der Waals surface area (Å²) in [6.07, 6.45) is 8.28. The van der Waals surface area contributed by atoms with Crippen LogP contribution in [0.15, 0.2) is 30.6 Å². The SMILES string of the molecule is O=C(N[C@H]1CCOC12CCCC2)c1cc(F)cc2ccncc12. The highest BCUT2D eigenvalue weighted by atomic mass is 19.1. The van der Waals surface area contributed by atoms with Crippen molar-refractivity contribution in [2.24, 2.45) is 0 Å². The number of carbonyl (C=O) groups is 1. The van der Waals surface area contributed by atoms with E-state index in [9.17, 15) is 9.18 Å². The second kappa shape index (κ2) is 5.57. The Balaban J connectivity index is 1.65. The Morgan fingerprint density at radius 2 is 2.17 bits per heavy atom. The number of pyridine rings is 1. The van der Waals surface area contributed by atoms with Gasteiger partial charge in [0.25, 0.3) is 5.91 Å². The van der Waals surface area contributed by atoms with Gasteiger partial charge in [0.15, 0.2) is 0 Å². The van der Waals surface area contributed by atoms with Crippen molar-refractivity contribution in [2.75, 3.05) is 6.61 Å². The van der Waals surface area contributed by atoms with Crippen LogP contribution in [-0.2, 0) is 4.74 Å². The van der Waals surface area contributed by atoms with Crippen molar-refractivity contribution >= 4 is 16.7 Å². The maximum Gasteiger partial charge on any atom is 0.252 e. The lowest BCUT2D eigenvalue weighted by Gasteiger charge is -2.30. The van der Waals surface area contributed by atoms with Crippen LogP contribution in [0.4, 0.5) is 4.39 Å². The Hall–Kier alpha value is -2.01. The summed E-state index contributed by atoms with van der Waals surface area (Å²) in [6.45, 7) is 0.677. The van der Waals surface area contributed by atoms with Gasteiger partial charge < -0.3 is 10.1 Å². The van der Waals surface area contributed by atoms with Crippen LogP contribution in [0.3, 0.4) is 0 Å². The molecular formula is C18H19FN2O2. The fourth-order valence-electron chi connectivity index (χ4n) is 4.00. The summed E-state index contributed by atoms with van der Waals surface area (Å²) in [6, 6.07) is 4.43. The summed E-state index contributed by atoms with van der Waals surface area (Å²) >= 11 is 0. The van der Waals surface area contributed by atoms with Gasteiger partial charge in [-0.1, -0.05) is 12.8 Å². The minimum absolute atomic E-state index is 0.00693. The van der Waals surface area contributed by atoms with Gasteiger partial charge in [-0.2, -0.15) is 0 Å². The molecule has 1 aromatic carbocycles. The number of halogens is 1. The lowest BCUT2D eigenvalue weighted by Crippen LogP contribution is -2.48. The highest BCUT2D eigenvalue weighted by molar-refractivity contribution is 6.06. The fourth-order valence-corrected chi connectivity index (χ4v) is 4.00. The van der Waals surface area contributed by atoms with E-state index < -0.39 is 5.82 Å². The molecule has 1 aliphatic carbocycles. The van der Waals surface area contributed by atoms with Crippen molar-refractivity contribution in [3.63, 3.8) is 0 Å². The van der Waals surface area contributed by atoms with Gasteiger partial charge in [0.2, 0.25) is 0 Å². The third kappa shape index (κ3) is 2.49. The summed E-state index contributed by atoms with van der Waals surface area (Å²) in [7, 11) is 0. The lowest BCUT2D eigenvalue weighted by molar-refractivity contribution is -0.00399. The van der Waals surface area contributed by atoms with Gasteiger partial charge in [-0.25, -0.2) is 4.39 Å². The van der Waals surface area contributed by atoms with E-state index in [0.717, 1.165) is 32.1 Å². The molecule has 2 fully saturated rings. The highest BCUT2D eigenvalue weighted by Crippen LogP contribution is 2.41. The molecule has 1 N–H and O–H groups in total. The number of rotatable bonds is 2. The number of benzene rings is 1. The number of carbonyl (C=O) groups excluding carboxylic acids is 1. The van der Waals surface area contributed by atoms with Crippen LogP contribution in [0.5, 0.6) is 0 Å². The fraction of sp³-hybridized carbons (Fsp3) is 0.444. The normalized spacial score (nSPS) is 22.7. The second-order valence-corrected chi connectivity index (χ2v) is 6.49. The first kappa shape index (κ1) is 14.6. The third-order valence-corrected chi connectivity index (χ3v) is 5.15. The number of amides is 1. The van der Waals surface area contributed by atoms with Crippen LogP contribution in [0.2, 0.25) is 0 Å². The number of aromatic nitrogens is 1. The molecule has 2 heterocycles. The molecule has 1 saturated heterocycles. The Labute approximate surface area is 134 Å². The molecule has 1 aromatic heterocycles. The number of hydrogen-bond acceptors (Lipinski definition) is 3. The number of nitrogens with one attached hydrogen (secondary N) is 1. The number of hydrogen-bond donors (Lipinski definition) is 1. The Morgan fingerprint density at radius 3 is 3.00 bits per heavy atom. The van der Waals surface area contributed by atoms with E-state index in [0.29, 0.717) is 22.9 Å². The van der Waals surface area contributed by atoms with Crippen LogP contribution in [0.25, 0.3) is 10.8 Å². The molecule has 0 bridgehead atoms. The van der Waals surface area contributed by atoms with Gasteiger partial charge in [-0.15, -0.1) is 0 Å². The average Bonchev–Trinajstić information content (AvgIpc) is 3.17. The molecule has 1 spiro atoms. The van der Waals surface area contributed by atoms with E-state index in [1.807, 2.05) is 0 Å². The first-order chi connectivity index (χ1) is 11.2. The van der Waals surface area contributed by atoms with Crippen molar-refractivity contribution in [2.45, 2.75) is 43.7 Å². The molecule has 2 aromatic rings. The van der Waals surface area contributed by atoms with Crippen molar-refractivity contribution in [3.05, 3.63) is 42.0 Å². The third-order valence-electron chi connectivity index (χ3n) is 5.15. The minimum atomic E-state index is -0.410. The van der Waals surface area contributed by atoms with Crippen LogP contribution >= 0.6 is 0 Å². The van der Waals surface area contributed by atoms with Crippen LogP contribution in [0, 0.1) is 5.82 Å². The highest BCUT2D eigenvalue weighted by Gasteiger charge is 2.46. The summed E-state index contributed by atoms with van der Waals surface area (Å²) in [5.41, 5.74) is 0.130. The first-order valence-electron chi connectivity index (χ1n) is 8.16. The molecule has 4 rings (SSSR count). The molecule has 1 saturated carbocycles. The van der Waals surface area contributed by atoms with Gasteiger partial charge in [0.1, 0.15) is 5.82 Å². The van der Waals surface area contributed by atoms with E-state index in [1.54, 1.807) is 18.5 Å². The lowest BCUT2D eigenvalue weighted by atomic mass is 9.92. The monoisotopic (exact) mass is 314 g/mol. The van der Waals surface area contributed by atoms with Crippen molar-refractivity contribution in [1.29, 1.82) is 0 Å². The quantitative estimate of drug-likeness (QED) is 0.926. The zero-order chi connectivity index (χ0) is 15.9. The second-order valence-electron chi connectivity index (χ2n) is 6.49. The largest absolute Gasteiger partial charge is 0.373 e. The predicted octanol–water partition coefficient (Wildman–Crippen LogP) is 3.21. The van der Waals surface area contributed by atoms with Crippen LogP contribution in [0.1, 0.15) is 42.5 Å². The molecule has 5 heteroatoms. The number of fused-ring (bicyclic) bond motifs is 1. The molecule has 0 radical (unpaired) electrons. The molecule has 120 valence electrons. The van der Waals surface area contributed by atoms with Crippen molar-refractivity contribution in [3.8, 4) is 0 Å². The number of nitrogens with zero attached hydrogens (tertiary/aromatic N) is 1. The zero-order valence-electron chi connectivity index (χ0n) is 12.8. The standard InChI is InChI=1S/C18H19FN2O2/c19-13-9-12-3-7-20-11-15(12)14(10-13)17(22)21-16-4-8-23-18(16)5-1-2-6-18/h3,7,9-11,16H,1-2,4-6,8H2,(H,21,22)/t16-/m0/s1. The van der Waals surface area contributed by atoms with Crippen molar-refractivity contribution < 1.29 is 13.9 Å². The molecular weight excluding hydrogens is 295 g/mol. The summed E-state index contributed by atoms with van der Waals surface area (Å²) in [4.78, 5) is 16.8. The van der Waals surface area contributed by atoms with E-state index in [1.165, 1.54) is 12.1 Å². The summed E-state index contributed by atoms with van der Waals surface area (Å²) in [5, 5.41) is 4.44. The Morgan fingerprint density at radius 1 is 1.35 bits per heavy atom.